The lowest BCUT2D eigenvalue weighted by molar-refractivity contribution is 0.0691. The van der Waals surface area contributed by atoms with E-state index in [4.69, 9.17) is 5.11 Å². The highest BCUT2D eigenvalue weighted by Crippen LogP contribution is 2.34. The van der Waals surface area contributed by atoms with Crippen LogP contribution in [0.3, 0.4) is 0 Å². The molecule has 2 aromatic rings. The molecule has 0 aliphatic rings. The third kappa shape index (κ3) is 2.31. The number of aromatic nitrogens is 1. The Kier molecular flexibility index (Phi) is 3.14. The zero-order chi connectivity index (χ0) is 12.4. The van der Waals surface area contributed by atoms with Gasteiger partial charge < -0.3 is 5.11 Å². The van der Waals surface area contributed by atoms with Gasteiger partial charge in [-0.1, -0.05) is 30.3 Å². The molecule has 0 amide bonds. The van der Waals surface area contributed by atoms with Crippen molar-refractivity contribution in [2.45, 2.75) is 6.43 Å². The number of alkyl halides is 2. The third-order valence-electron chi connectivity index (χ3n) is 2.07. The van der Waals surface area contributed by atoms with Gasteiger partial charge in [0, 0.05) is 0 Å². The summed E-state index contributed by atoms with van der Waals surface area (Å²) in [6, 6.07) is 8.51. The van der Waals surface area contributed by atoms with Crippen LogP contribution < -0.4 is 0 Å². The highest BCUT2D eigenvalue weighted by Gasteiger charge is 2.22. The molecule has 88 valence electrons. The second-order valence-electron chi connectivity index (χ2n) is 3.20. The number of hydrogen-bond donors (Lipinski definition) is 1. The Hall–Kier alpha value is -1.82. The molecule has 2 rings (SSSR count). The Bertz CT molecular complexity index is 540. The summed E-state index contributed by atoms with van der Waals surface area (Å²) in [6.45, 7) is 0. The van der Waals surface area contributed by atoms with Gasteiger partial charge in [-0.3, -0.25) is 0 Å². The number of rotatable bonds is 3. The quantitative estimate of drug-likeness (QED) is 0.913. The van der Waals surface area contributed by atoms with Crippen LogP contribution in [0.15, 0.2) is 30.3 Å². The molecule has 17 heavy (non-hydrogen) atoms. The van der Waals surface area contributed by atoms with Crippen LogP contribution in [0.2, 0.25) is 0 Å². The molecule has 1 heterocycles. The third-order valence-corrected chi connectivity index (χ3v) is 3.18. The van der Waals surface area contributed by atoms with Gasteiger partial charge in [-0.2, -0.15) is 0 Å². The van der Waals surface area contributed by atoms with Crippen LogP contribution in [0.1, 0.15) is 21.9 Å². The number of aromatic carboxylic acids is 1. The zero-order valence-electron chi connectivity index (χ0n) is 8.43. The van der Waals surface area contributed by atoms with Crippen LogP contribution in [0, 0.1) is 0 Å². The van der Waals surface area contributed by atoms with E-state index < -0.39 is 17.4 Å². The predicted molar refractivity (Wildman–Crippen MR) is 59.5 cm³/mol. The van der Waals surface area contributed by atoms with E-state index in [1.807, 2.05) is 0 Å². The molecule has 6 heteroatoms. The molecule has 0 fully saturated rings. The van der Waals surface area contributed by atoms with Crippen molar-refractivity contribution in [3.8, 4) is 10.4 Å². The van der Waals surface area contributed by atoms with Crippen molar-refractivity contribution in [2.75, 3.05) is 0 Å². The Balaban J connectivity index is 2.56. The fourth-order valence-electron chi connectivity index (χ4n) is 1.36. The van der Waals surface area contributed by atoms with Crippen molar-refractivity contribution in [2.24, 2.45) is 0 Å². The van der Waals surface area contributed by atoms with Crippen molar-refractivity contribution in [1.82, 2.24) is 4.98 Å². The lowest BCUT2D eigenvalue weighted by Gasteiger charge is -1.97. The number of thiazole rings is 1. The Labute approximate surface area is 99.4 Å². The molecular weight excluding hydrogens is 248 g/mol. The maximum Gasteiger partial charge on any atom is 0.356 e. The van der Waals surface area contributed by atoms with E-state index in [0.29, 0.717) is 16.9 Å². The minimum atomic E-state index is -2.75. The molecule has 0 saturated carbocycles. The first-order valence-electron chi connectivity index (χ1n) is 4.67. The summed E-state index contributed by atoms with van der Waals surface area (Å²) >= 11 is 0.707. The first-order valence-corrected chi connectivity index (χ1v) is 5.49. The highest BCUT2D eigenvalue weighted by atomic mass is 32.1. The summed E-state index contributed by atoms with van der Waals surface area (Å²) in [7, 11) is 0. The number of halogens is 2. The van der Waals surface area contributed by atoms with Crippen molar-refractivity contribution in [3.63, 3.8) is 0 Å². The smallest absolute Gasteiger partial charge is 0.356 e. The first kappa shape index (κ1) is 11.7. The average Bonchev–Trinajstić information content (AvgIpc) is 2.75. The van der Waals surface area contributed by atoms with Crippen LogP contribution in [-0.2, 0) is 0 Å². The van der Waals surface area contributed by atoms with Gasteiger partial charge in [0.1, 0.15) is 0 Å². The van der Waals surface area contributed by atoms with Gasteiger partial charge in [0.25, 0.3) is 6.43 Å². The van der Waals surface area contributed by atoms with Crippen molar-refractivity contribution < 1.29 is 18.7 Å². The van der Waals surface area contributed by atoms with Crippen LogP contribution in [0.25, 0.3) is 10.4 Å². The zero-order valence-corrected chi connectivity index (χ0v) is 9.25. The molecule has 0 aliphatic carbocycles. The van der Waals surface area contributed by atoms with Crippen molar-refractivity contribution >= 4 is 17.3 Å². The Morgan fingerprint density at radius 1 is 1.29 bits per heavy atom. The molecule has 1 aromatic carbocycles. The Morgan fingerprint density at radius 2 is 1.94 bits per heavy atom. The van der Waals surface area contributed by atoms with E-state index in [1.165, 1.54) is 0 Å². The molecule has 0 unspecified atom stereocenters. The summed E-state index contributed by atoms with van der Waals surface area (Å²) in [5, 5.41) is 8.45. The van der Waals surface area contributed by atoms with Crippen LogP contribution in [0.5, 0.6) is 0 Å². The minimum Gasteiger partial charge on any atom is -0.476 e. The fraction of sp³-hybridized carbons (Fsp3) is 0.0909. The number of benzene rings is 1. The van der Waals surface area contributed by atoms with Gasteiger partial charge in [-0.05, 0) is 5.56 Å². The molecule has 0 saturated heterocycles. The highest BCUT2D eigenvalue weighted by molar-refractivity contribution is 7.15. The van der Waals surface area contributed by atoms with E-state index in [-0.39, 0.29) is 10.6 Å². The van der Waals surface area contributed by atoms with Crippen LogP contribution in [-0.4, -0.2) is 16.1 Å². The number of carboxylic acids is 1. The molecule has 0 radical (unpaired) electrons. The van der Waals surface area contributed by atoms with Crippen LogP contribution >= 0.6 is 11.3 Å². The number of nitrogens with zero attached hydrogens (tertiary/aromatic N) is 1. The van der Waals surface area contributed by atoms with Crippen molar-refractivity contribution in [3.05, 3.63) is 41.0 Å². The average molecular weight is 255 g/mol. The van der Waals surface area contributed by atoms with Gasteiger partial charge in [0.15, 0.2) is 10.7 Å². The normalized spacial score (nSPS) is 10.8. The predicted octanol–water partition coefficient (Wildman–Crippen LogP) is 3.45. The monoisotopic (exact) mass is 255 g/mol. The standard InChI is InChI=1S/C11H7F2NO2S/c12-9(13)10-14-7(11(15)16)8(17-10)6-4-2-1-3-5-6/h1-5,9H,(H,15,16). The Morgan fingerprint density at radius 3 is 2.47 bits per heavy atom. The van der Waals surface area contributed by atoms with Gasteiger partial charge in [0.2, 0.25) is 0 Å². The fourth-order valence-corrected chi connectivity index (χ4v) is 2.28. The van der Waals surface area contributed by atoms with Gasteiger partial charge in [0.05, 0.1) is 4.88 Å². The van der Waals surface area contributed by atoms with Gasteiger partial charge >= 0.3 is 5.97 Å². The molecule has 0 bridgehead atoms. The second-order valence-corrected chi connectivity index (χ2v) is 4.23. The molecule has 0 aliphatic heterocycles. The molecule has 0 spiro atoms. The second kappa shape index (κ2) is 4.58. The summed E-state index contributed by atoms with van der Waals surface area (Å²) in [5.74, 6) is -1.30. The van der Waals surface area contributed by atoms with E-state index in [1.54, 1.807) is 30.3 Å². The lowest BCUT2D eigenvalue weighted by atomic mass is 10.1. The summed E-state index contributed by atoms with van der Waals surface area (Å²) < 4.78 is 25.0. The summed E-state index contributed by atoms with van der Waals surface area (Å²) in [4.78, 5) is 14.6. The molecule has 3 nitrogen and oxygen atoms in total. The molecule has 1 aromatic heterocycles. The first-order chi connectivity index (χ1) is 8.09. The summed E-state index contributed by atoms with van der Waals surface area (Å²) in [5.41, 5.74) is 0.255. The molecule has 0 atom stereocenters. The van der Waals surface area contributed by atoms with Gasteiger partial charge in [-0.25, -0.2) is 18.6 Å². The molecular formula is C11H7F2NO2S. The van der Waals surface area contributed by atoms with Crippen molar-refractivity contribution in [1.29, 1.82) is 0 Å². The maximum atomic E-state index is 12.5. The van der Waals surface area contributed by atoms with E-state index >= 15 is 0 Å². The molecule has 1 N–H and O–H groups in total. The minimum absolute atomic E-state index is 0.258. The van der Waals surface area contributed by atoms with Crippen LogP contribution in [0.4, 0.5) is 8.78 Å². The SMILES string of the molecule is O=C(O)c1nc(C(F)F)sc1-c1ccccc1. The van der Waals surface area contributed by atoms with E-state index in [2.05, 4.69) is 4.98 Å². The number of carboxylic acid groups (broad SMARTS) is 1. The largest absolute Gasteiger partial charge is 0.476 e. The lowest BCUT2D eigenvalue weighted by Crippen LogP contribution is -1.99. The van der Waals surface area contributed by atoms with E-state index in [9.17, 15) is 13.6 Å². The number of hydrogen-bond acceptors (Lipinski definition) is 3. The summed E-state index contributed by atoms with van der Waals surface area (Å²) in [6.07, 6.45) is -2.75. The van der Waals surface area contributed by atoms with E-state index in [0.717, 1.165) is 0 Å². The topological polar surface area (TPSA) is 50.2 Å². The number of carbonyl (C=O) groups is 1. The maximum absolute atomic E-state index is 12.5. The van der Waals surface area contributed by atoms with Gasteiger partial charge in [-0.15, -0.1) is 11.3 Å².